The number of fused-ring (bicyclic) bond motifs is 1. The normalized spacial score (nSPS) is 23.8. The molecular formula is C11H15NO2. The van der Waals surface area contributed by atoms with Crippen LogP contribution in [-0.2, 0) is 6.42 Å². The minimum Gasteiger partial charge on any atom is -0.485 e. The highest BCUT2D eigenvalue weighted by atomic mass is 16.5. The predicted octanol–water partition coefficient (Wildman–Crippen LogP) is 1.34. The standard InChI is InChI=1S/C11H15NO2/c1-11(2)10(13)5-7-3-4-8(12)6-9(7)14-11/h3-4,6,10,13H,5,12H2,1-2H3. The van der Waals surface area contributed by atoms with E-state index in [0.29, 0.717) is 12.1 Å². The maximum Gasteiger partial charge on any atom is 0.129 e. The molecule has 0 spiro atoms. The Morgan fingerprint density at radius 1 is 1.50 bits per heavy atom. The molecule has 1 aliphatic rings. The van der Waals surface area contributed by atoms with Crippen molar-refractivity contribution in [2.24, 2.45) is 0 Å². The second-order valence-corrected chi connectivity index (χ2v) is 4.29. The van der Waals surface area contributed by atoms with Crippen LogP contribution < -0.4 is 10.5 Å². The highest BCUT2D eigenvalue weighted by molar-refractivity contribution is 5.50. The van der Waals surface area contributed by atoms with E-state index in [4.69, 9.17) is 10.5 Å². The van der Waals surface area contributed by atoms with Gasteiger partial charge in [0.05, 0.1) is 6.10 Å². The molecule has 1 aromatic carbocycles. The lowest BCUT2D eigenvalue weighted by atomic mass is 9.91. The zero-order valence-corrected chi connectivity index (χ0v) is 8.45. The number of nitrogen functional groups attached to an aromatic ring is 1. The van der Waals surface area contributed by atoms with E-state index < -0.39 is 11.7 Å². The molecule has 0 fully saturated rings. The number of hydrogen-bond donors (Lipinski definition) is 2. The van der Waals surface area contributed by atoms with Crippen LogP contribution in [-0.4, -0.2) is 16.8 Å². The smallest absolute Gasteiger partial charge is 0.129 e. The third kappa shape index (κ3) is 1.44. The average Bonchev–Trinajstić information content (AvgIpc) is 2.07. The molecule has 0 saturated carbocycles. The quantitative estimate of drug-likeness (QED) is 0.611. The van der Waals surface area contributed by atoms with Crippen molar-refractivity contribution in [2.45, 2.75) is 32.0 Å². The van der Waals surface area contributed by atoms with Gasteiger partial charge in [0.25, 0.3) is 0 Å². The van der Waals surface area contributed by atoms with E-state index in [1.807, 2.05) is 32.0 Å². The van der Waals surface area contributed by atoms with E-state index in [0.717, 1.165) is 11.3 Å². The molecule has 0 saturated heterocycles. The summed E-state index contributed by atoms with van der Waals surface area (Å²) in [7, 11) is 0. The van der Waals surface area contributed by atoms with Crippen LogP contribution in [0.2, 0.25) is 0 Å². The number of rotatable bonds is 0. The molecule has 3 heteroatoms. The molecule has 2 rings (SSSR count). The molecule has 1 heterocycles. The van der Waals surface area contributed by atoms with E-state index >= 15 is 0 Å². The molecule has 14 heavy (non-hydrogen) atoms. The second-order valence-electron chi connectivity index (χ2n) is 4.29. The lowest BCUT2D eigenvalue weighted by molar-refractivity contribution is -0.0410. The van der Waals surface area contributed by atoms with Gasteiger partial charge in [-0.3, -0.25) is 0 Å². The maximum atomic E-state index is 9.80. The Morgan fingerprint density at radius 2 is 2.21 bits per heavy atom. The van der Waals surface area contributed by atoms with E-state index in [1.54, 1.807) is 0 Å². The number of nitrogens with two attached hydrogens (primary N) is 1. The Bertz CT molecular complexity index is 360. The largest absolute Gasteiger partial charge is 0.485 e. The van der Waals surface area contributed by atoms with Crippen molar-refractivity contribution in [3.63, 3.8) is 0 Å². The first-order valence-corrected chi connectivity index (χ1v) is 4.74. The van der Waals surface area contributed by atoms with Gasteiger partial charge in [-0.2, -0.15) is 0 Å². The van der Waals surface area contributed by atoms with Gasteiger partial charge in [0, 0.05) is 18.2 Å². The van der Waals surface area contributed by atoms with E-state index in [-0.39, 0.29) is 0 Å². The zero-order chi connectivity index (χ0) is 10.3. The van der Waals surface area contributed by atoms with Crippen LogP contribution in [0.25, 0.3) is 0 Å². The summed E-state index contributed by atoms with van der Waals surface area (Å²) in [5, 5.41) is 9.80. The molecular weight excluding hydrogens is 178 g/mol. The third-order valence-electron chi connectivity index (χ3n) is 2.68. The zero-order valence-electron chi connectivity index (χ0n) is 8.45. The van der Waals surface area contributed by atoms with Crippen molar-refractivity contribution in [2.75, 3.05) is 5.73 Å². The summed E-state index contributed by atoms with van der Waals surface area (Å²) >= 11 is 0. The van der Waals surface area contributed by atoms with Crippen molar-refractivity contribution < 1.29 is 9.84 Å². The van der Waals surface area contributed by atoms with E-state index in [2.05, 4.69) is 0 Å². The van der Waals surface area contributed by atoms with Crippen molar-refractivity contribution >= 4 is 5.69 Å². The Balaban J connectivity index is 2.41. The van der Waals surface area contributed by atoms with E-state index in [9.17, 15) is 5.11 Å². The van der Waals surface area contributed by atoms with Gasteiger partial charge < -0.3 is 15.6 Å². The fraction of sp³-hybridized carbons (Fsp3) is 0.455. The number of benzene rings is 1. The van der Waals surface area contributed by atoms with Crippen molar-refractivity contribution in [3.8, 4) is 5.75 Å². The summed E-state index contributed by atoms with van der Waals surface area (Å²) in [6, 6.07) is 5.54. The first-order valence-electron chi connectivity index (χ1n) is 4.74. The highest BCUT2D eigenvalue weighted by Gasteiger charge is 2.35. The number of aliphatic hydroxyl groups is 1. The number of ether oxygens (including phenoxy) is 1. The fourth-order valence-electron chi connectivity index (χ4n) is 1.64. The summed E-state index contributed by atoms with van der Waals surface area (Å²) < 4.78 is 5.68. The first kappa shape index (κ1) is 9.34. The molecule has 3 N–H and O–H groups in total. The van der Waals surface area contributed by atoms with Gasteiger partial charge in [-0.1, -0.05) is 6.07 Å². The lowest BCUT2D eigenvalue weighted by Gasteiger charge is -2.37. The van der Waals surface area contributed by atoms with Gasteiger partial charge in [-0.05, 0) is 25.5 Å². The number of anilines is 1. The Morgan fingerprint density at radius 3 is 2.93 bits per heavy atom. The van der Waals surface area contributed by atoms with Gasteiger partial charge >= 0.3 is 0 Å². The Hall–Kier alpha value is -1.22. The van der Waals surface area contributed by atoms with Crippen molar-refractivity contribution in [1.82, 2.24) is 0 Å². The van der Waals surface area contributed by atoms with Gasteiger partial charge in [0.2, 0.25) is 0 Å². The minimum absolute atomic E-state index is 0.460. The third-order valence-corrected chi connectivity index (χ3v) is 2.68. The summed E-state index contributed by atoms with van der Waals surface area (Å²) in [5.74, 6) is 0.792. The van der Waals surface area contributed by atoms with Crippen molar-refractivity contribution in [3.05, 3.63) is 23.8 Å². The van der Waals surface area contributed by atoms with Crippen LogP contribution in [0.5, 0.6) is 5.75 Å². The molecule has 1 unspecified atom stereocenters. The summed E-state index contributed by atoms with van der Waals surface area (Å²) in [4.78, 5) is 0. The van der Waals surface area contributed by atoms with Crippen LogP contribution in [0.4, 0.5) is 5.69 Å². The average molecular weight is 193 g/mol. The molecule has 0 radical (unpaired) electrons. The highest BCUT2D eigenvalue weighted by Crippen LogP contribution is 2.34. The van der Waals surface area contributed by atoms with Crippen LogP contribution in [0.3, 0.4) is 0 Å². The maximum absolute atomic E-state index is 9.80. The number of aliphatic hydroxyl groups excluding tert-OH is 1. The van der Waals surface area contributed by atoms with Gasteiger partial charge in [-0.25, -0.2) is 0 Å². The van der Waals surface area contributed by atoms with Gasteiger partial charge in [0.15, 0.2) is 0 Å². The van der Waals surface area contributed by atoms with Gasteiger partial charge in [-0.15, -0.1) is 0 Å². The Labute approximate surface area is 83.5 Å². The molecule has 0 amide bonds. The monoisotopic (exact) mass is 193 g/mol. The molecule has 0 aromatic heterocycles. The molecule has 1 aromatic rings. The van der Waals surface area contributed by atoms with Crippen LogP contribution in [0.15, 0.2) is 18.2 Å². The molecule has 1 atom stereocenters. The molecule has 0 aliphatic carbocycles. The van der Waals surface area contributed by atoms with Gasteiger partial charge in [0.1, 0.15) is 11.4 Å². The first-order chi connectivity index (χ1) is 6.49. The molecule has 1 aliphatic heterocycles. The van der Waals surface area contributed by atoms with Crippen molar-refractivity contribution in [1.29, 1.82) is 0 Å². The lowest BCUT2D eigenvalue weighted by Crippen LogP contribution is -2.46. The topological polar surface area (TPSA) is 55.5 Å². The van der Waals surface area contributed by atoms with Crippen LogP contribution >= 0.6 is 0 Å². The fourth-order valence-corrected chi connectivity index (χ4v) is 1.64. The molecule has 76 valence electrons. The molecule has 3 nitrogen and oxygen atoms in total. The van der Waals surface area contributed by atoms with Crippen LogP contribution in [0.1, 0.15) is 19.4 Å². The summed E-state index contributed by atoms with van der Waals surface area (Å²) in [5.41, 5.74) is 6.85. The Kier molecular flexibility index (Phi) is 1.93. The minimum atomic E-state index is -0.527. The van der Waals surface area contributed by atoms with E-state index in [1.165, 1.54) is 0 Å². The second kappa shape index (κ2) is 2.89. The number of hydrogen-bond acceptors (Lipinski definition) is 3. The summed E-state index contributed by atoms with van der Waals surface area (Å²) in [6.07, 6.45) is 0.168. The SMILES string of the molecule is CC1(C)Oc2cc(N)ccc2CC1O. The summed E-state index contributed by atoms with van der Waals surface area (Å²) in [6.45, 7) is 3.76. The predicted molar refractivity (Wildman–Crippen MR) is 55.3 cm³/mol. The molecule has 0 bridgehead atoms. The van der Waals surface area contributed by atoms with Crippen LogP contribution in [0, 0.1) is 0 Å².